The second kappa shape index (κ2) is 9.28. The minimum atomic E-state index is 0.00955. The molecule has 2 bridgehead atoms. The molecule has 3 aliphatic heterocycles. The summed E-state index contributed by atoms with van der Waals surface area (Å²) in [5, 5.41) is 10.7. The number of H-pyrrole nitrogens is 1. The average Bonchev–Trinajstić information content (AvgIpc) is 3.48. The molecule has 0 saturated carbocycles. The zero-order valence-corrected chi connectivity index (χ0v) is 21.0. The number of carbonyl (C=O) groups is 1. The number of benzene rings is 2. The maximum atomic E-state index is 13.1. The number of phenols is 1. The molecule has 0 radical (unpaired) electrons. The normalized spacial score (nSPS) is 24.6. The van der Waals surface area contributed by atoms with E-state index in [4.69, 9.17) is 4.74 Å². The van der Waals surface area contributed by atoms with Gasteiger partial charge in [0, 0.05) is 60.2 Å². The van der Waals surface area contributed by atoms with Gasteiger partial charge < -0.3 is 19.7 Å². The van der Waals surface area contributed by atoms with Crippen LogP contribution in [-0.4, -0.2) is 56.0 Å². The van der Waals surface area contributed by atoms with Crippen molar-refractivity contribution >= 4 is 5.91 Å². The minimum absolute atomic E-state index is 0.00955. The van der Waals surface area contributed by atoms with Crippen LogP contribution in [0.2, 0.25) is 0 Å². The Morgan fingerprint density at radius 2 is 1.92 bits per heavy atom. The number of aromatic nitrogens is 2. The van der Waals surface area contributed by atoms with Crippen molar-refractivity contribution in [2.45, 2.75) is 64.1 Å². The van der Waals surface area contributed by atoms with E-state index in [0.29, 0.717) is 48.2 Å². The number of imidazole rings is 1. The fourth-order valence-electron chi connectivity index (χ4n) is 6.79. The summed E-state index contributed by atoms with van der Waals surface area (Å²) >= 11 is 0. The number of rotatable bonds is 6. The lowest BCUT2D eigenvalue weighted by molar-refractivity contribution is 0.0772. The second-order valence-corrected chi connectivity index (χ2v) is 10.3. The van der Waals surface area contributed by atoms with Gasteiger partial charge in [-0.1, -0.05) is 18.2 Å². The van der Waals surface area contributed by atoms with Crippen molar-refractivity contribution in [2.24, 2.45) is 5.92 Å². The van der Waals surface area contributed by atoms with Gasteiger partial charge in [-0.15, -0.1) is 0 Å². The SMILES string of the molecule is CCN(CC)C(=O)c1ccc2c(c1)Oc1c(O)cccc1C2C1C[C@H]2CC[C@@H](C1)N2Cc1ncc[nH]1. The largest absolute Gasteiger partial charge is 0.504 e. The number of aromatic amines is 1. The molecule has 0 aliphatic carbocycles. The van der Waals surface area contributed by atoms with Crippen LogP contribution >= 0.6 is 0 Å². The summed E-state index contributed by atoms with van der Waals surface area (Å²) in [7, 11) is 0. The lowest BCUT2D eigenvalue weighted by Crippen LogP contribution is -2.44. The molecule has 2 unspecified atom stereocenters. The Labute approximate surface area is 212 Å². The number of piperidine rings is 1. The number of nitrogens with one attached hydrogen (secondary N) is 1. The maximum absolute atomic E-state index is 13.1. The van der Waals surface area contributed by atoms with Crippen molar-refractivity contribution in [2.75, 3.05) is 13.1 Å². The molecule has 4 heterocycles. The van der Waals surface area contributed by atoms with E-state index in [1.54, 1.807) is 6.07 Å². The van der Waals surface area contributed by atoms with Crippen LogP contribution in [0.4, 0.5) is 0 Å². The Hall–Kier alpha value is -3.32. The lowest BCUT2D eigenvalue weighted by atomic mass is 9.72. The number of ether oxygens (including phenoxy) is 1. The molecule has 2 fully saturated rings. The van der Waals surface area contributed by atoms with Crippen molar-refractivity contribution in [3.8, 4) is 17.2 Å². The molecule has 36 heavy (non-hydrogen) atoms. The molecule has 7 heteroatoms. The van der Waals surface area contributed by atoms with E-state index in [9.17, 15) is 9.90 Å². The molecule has 1 aromatic heterocycles. The standard InChI is InChI=1S/C29H34N4O3/c1-3-32(4-2)29(35)18-8-11-22-25(16-18)36-28-23(6-5-7-24(28)34)27(22)19-14-20-9-10-21(15-19)33(20)17-26-30-12-13-31-26/h5-8,11-13,16,19-21,27,34H,3-4,9-10,14-15,17H2,1-2H3,(H,30,31)/t19?,20-,21+,27?. The minimum Gasteiger partial charge on any atom is -0.504 e. The molecule has 2 saturated heterocycles. The number of hydrogen-bond donors (Lipinski definition) is 2. The molecule has 0 spiro atoms. The molecule has 3 aliphatic rings. The van der Waals surface area contributed by atoms with Crippen LogP contribution in [0, 0.1) is 5.92 Å². The summed E-state index contributed by atoms with van der Waals surface area (Å²) in [6, 6.07) is 12.6. The van der Waals surface area contributed by atoms with E-state index in [0.717, 1.165) is 36.3 Å². The molecule has 3 aromatic rings. The van der Waals surface area contributed by atoms with Crippen molar-refractivity contribution in [3.63, 3.8) is 0 Å². The third-order valence-corrected chi connectivity index (χ3v) is 8.50. The van der Waals surface area contributed by atoms with Gasteiger partial charge in [0.1, 0.15) is 11.6 Å². The molecule has 1 amide bonds. The van der Waals surface area contributed by atoms with Crippen molar-refractivity contribution < 1.29 is 14.6 Å². The summed E-state index contributed by atoms with van der Waals surface area (Å²) < 4.78 is 6.28. The monoisotopic (exact) mass is 486 g/mol. The summed E-state index contributed by atoms with van der Waals surface area (Å²) in [5.41, 5.74) is 2.80. The number of amides is 1. The van der Waals surface area contributed by atoms with Crippen LogP contribution in [0.3, 0.4) is 0 Å². The van der Waals surface area contributed by atoms with Crippen LogP contribution in [0.15, 0.2) is 48.8 Å². The van der Waals surface area contributed by atoms with Crippen molar-refractivity contribution in [3.05, 3.63) is 71.3 Å². The zero-order chi connectivity index (χ0) is 24.8. The first-order valence-corrected chi connectivity index (χ1v) is 13.2. The Bertz CT molecular complexity index is 1240. The predicted octanol–water partition coefficient (Wildman–Crippen LogP) is 5.28. The van der Waals surface area contributed by atoms with Gasteiger partial charge in [0.2, 0.25) is 0 Å². The fourth-order valence-corrected chi connectivity index (χ4v) is 6.79. The van der Waals surface area contributed by atoms with Gasteiger partial charge >= 0.3 is 0 Å². The van der Waals surface area contributed by atoms with E-state index in [2.05, 4.69) is 27.0 Å². The highest BCUT2D eigenvalue weighted by molar-refractivity contribution is 5.95. The van der Waals surface area contributed by atoms with E-state index >= 15 is 0 Å². The number of hydrogen-bond acceptors (Lipinski definition) is 5. The van der Waals surface area contributed by atoms with Crippen LogP contribution in [0.5, 0.6) is 17.2 Å². The molecule has 2 N–H and O–H groups in total. The molecule has 2 aromatic carbocycles. The van der Waals surface area contributed by atoms with Crippen LogP contribution < -0.4 is 4.74 Å². The molecule has 188 valence electrons. The molecule has 7 nitrogen and oxygen atoms in total. The quantitative estimate of drug-likeness (QED) is 0.496. The predicted molar refractivity (Wildman–Crippen MR) is 137 cm³/mol. The maximum Gasteiger partial charge on any atom is 0.253 e. The van der Waals surface area contributed by atoms with Gasteiger partial charge in [0.05, 0.1) is 6.54 Å². The topological polar surface area (TPSA) is 81.7 Å². The van der Waals surface area contributed by atoms with Gasteiger partial charge in [-0.3, -0.25) is 9.69 Å². The van der Waals surface area contributed by atoms with E-state index < -0.39 is 0 Å². The number of carbonyl (C=O) groups excluding carboxylic acids is 1. The van der Waals surface area contributed by atoms with E-state index in [1.807, 2.05) is 49.3 Å². The van der Waals surface area contributed by atoms with Crippen molar-refractivity contribution in [1.29, 1.82) is 0 Å². The lowest BCUT2D eigenvalue weighted by Gasteiger charge is -2.43. The second-order valence-electron chi connectivity index (χ2n) is 10.3. The molecular formula is C29H34N4O3. The van der Waals surface area contributed by atoms with Gasteiger partial charge in [0.25, 0.3) is 5.91 Å². The molecular weight excluding hydrogens is 452 g/mol. The Kier molecular flexibility index (Phi) is 5.96. The van der Waals surface area contributed by atoms with Crippen LogP contribution in [0.1, 0.15) is 72.8 Å². The molecule has 6 rings (SSSR count). The third kappa shape index (κ3) is 3.86. The number of aromatic hydroxyl groups is 1. The smallest absolute Gasteiger partial charge is 0.253 e. The Morgan fingerprint density at radius 3 is 2.61 bits per heavy atom. The summed E-state index contributed by atoms with van der Waals surface area (Å²) in [6.07, 6.45) is 8.33. The molecule has 4 atom stereocenters. The number of fused-ring (bicyclic) bond motifs is 4. The first kappa shape index (κ1) is 23.1. The highest BCUT2D eigenvalue weighted by atomic mass is 16.5. The van der Waals surface area contributed by atoms with Crippen LogP contribution in [-0.2, 0) is 6.54 Å². The third-order valence-electron chi connectivity index (χ3n) is 8.50. The zero-order valence-electron chi connectivity index (χ0n) is 21.0. The number of phenolic OH excluding ortho intramolecular Hbond substituents is 1. The van der Waals surface area contributed by atoms with E-state index in [1.165, 1.54) is 12.8 Å². The highest BCUT2D eigenvalue weighted by Gasteiger charge is 2.45. The van der Waals surface area contributed by atoms with Gasteiger partial charge in [-0.05, 0) is 63.6 Å². The number of para-hydroxylation sites is 1. The highest BCUT2D eigenvalue weighted by Crippen LogP contribution is 2.55. The van der Waals surface area contributed by atoms with Gasteiger partial charge in [-0.25, -0.2) is 4.98 Å². The Balaban J connectivity index is 1.34. The summed E-state index contributed by atoms with van der Waals surface area (Å²) in [6.45, 7) is 6.19. The van der Waals surface area contributed by atoms with Gasteiger partial charge in [0.15, 0.2) is 11.5 Å². The average molecular weight is 487 g/mol. The van der Waals surface area contributed by atoms with E-state index in [-0.39, 0.29) is 17.6 Å². The fraction of sp³-hybridized carbons (Fsp3) is 0.448. The first-order chi connectivity index (χ1) is 17.6. The first-order valence-electron chi connectivity index (χ1n) is 13.2. The van der Waals surface area contributed by atoms with Crippen LogP contribution in [0.25, 0.3) is 0 Å². The Morgan fingerprint density at radius 1 is 1.14 bits per heavy atom. The summed E-state index contributed by atoms with van der Waals surface area (Å²) in [4.78, 5) is 25.2. The summed E-state index contributed by atoms with van der Waals surface area (Å²) in [5.74, 6) is 2.98. The van der Waals surface area contributed by atoms with Crippen molar-refractivity contribution in [1.82, 2.24) is 19.8 Å². The van der Waals surface area contributed by atoms with Gasteiger partial charge in [-0.2, -0.15) is 0 Å². The number of nitrogens with zero attached hydrogens (tertiary/aromatic N) is 3.